The number of hydrogen-bond acceptors (Lipinski definition) is 5. The molecule has 8 heteroatoms. The predicted octanol–water partition coefficient (Wildman–Crippen LogP) is 3.92. The van der Waals surface area contributed by atoms with Gasteiger partial charge in [0.25, 0.3) is 5.95 Å². The number of anilines is 2. The van der Waals surface area contributed by atoms with Gasteiger partial charge in [-0.3, -0.25) is 10.1 Å². The van der Waals surface area contributed by atoms with Gasteiger partial charge < -0.3 is 10.1 Å². The first-order chi connectivity index (χ1) is 14.1. The van der Waals surface area contributed by atoms with Crippen LogP contribution >= 0.6 is 0 Å². The van der Waals surface area contributed by atoms with Crippen molar-refractivity contribution in [1.29, 1.82) is 0 Å². The highest BCUT2D eigenvalue weighted by atomic mass is 19.1. The van der Waals surface area contributed by atoms with Gasteiger partial charge in [0.05, 0.1) is 19.2 Å². The predicted molar refractivity (Wildman–Crippen MR) is 107 cm³/mol. The Labute approximate surface area is 167 Å². The SMILES string of the molecule is CCC(=O)Nc1nc2n(n1)[C@H](c1ccc(F)cc1)C[C@H](c1ccc(OC)cc1)N2. The maximum absolute atomic E-state index is 13.4. The highest BCUT2D eigenvalue weighted by molar-refractivity contribution is 5.88. The lowest BCUT2D eigenvalue weighted by atomic mass is 9.93. The molecule has 2 heterocycles. The second-order valence-electron chi connectivity index (χ2n) is 6.88. The van der Waals surface area contributed by atoms with E-state index in [1.54, 1.807) is 30.8 Å². The number of halogens is 1. The number of nitrogens with zero attached hydrogens (tertiary/aromatic N) is 3. The Hall–Kier alpha value is -3.42. The molecule has 2 N–H and O–H groups in total. The standard InChI is InChI=1S/C21H22FN5O2/c1-3-19(28)24-20-25-21-23-17(13-6-10-16(29-2)11-7-13)12-18(27(21)26-20)14-4-8-15(22)9-5-14/h4-11,17-18H,3,12H2,1-2H3,(H2,23,24,25,26,28)/t17-,18+/m1/s1. The van der Waals surface area contributed by atoms with E-state index in [1.165, 1.54) is 12.1 Å². The Morgan fingerprint density at radius 1 is 1.21 bits per heavy atom. The number of rotatable bonds is 5. The lowest BCUT2D eigenvalue weighted by molar-refractivity contribution is -0.115. The van der Waals surface area contributed by atoms with Crippen LogP contribution < -0.4 is 15.4 Å². The molecule has 29 heavy (non-hydrogen) atoms. The van der Waals surface area contributed by atoms with Crippen LogP contribution in [0.25, 0.3) is 0 Å². The lowest BCUT2D eigenvalue weighted by Gasteiger charge is -2.31. The fourth-order valence-corrected chi connectivity index (χ4v) is 3.46. The summed E-state index contributed by atoms with van der Waals surface area (Å²) in [6, 6.07) is 14.0. The summed E-state index contributed by atoms with van der Waals surface area (Å²) in [5, 5.41) is 10.6. The number of nitrogens with one attached hydrogen (secondary N) is 2. The highest BCUT2D eigenvalue weighted by Gasteiger charge is 2.31. The molecule has 0 fully saturated rings. The zero-order chi connectivity index (χ0) is 20.4. The van der Waals surface area contributed by atoms with E-state index in [-0.39, 0.29) is 29.8 Å². The molecule has 1 aromatic heterocycles. The van der Waals surface area contributed by atoms with Gasteiger partial charge in [0.1, 0.15) is 11.6 Å². The third kappa shape index (κ3) is 3.91. The number of amides is 1. The van der Waals surface area contributed by atoms with E-state index < -0.39 is 0 Å². The van der Waals surface area contributed by atoms with Crippen LogP contribution in [-0.4, -0.2) is 27.8 Å². The van der Waals surface area contributed by atoms with E-state index in [0.717, 1.165) is 16.9 Å². The fraction of sp³-hybridized carbons (Fsp3) is 0.286. The van der Waals surface area contributed by atoms with Crippen LogP contribution in [-0.2, 0) is 4.79 Å². The van der Waals surface area contributed by atoms with Gasteiger partial charge in [-0.05, 0) is 41.8 Å². The number of fused-ring (bicyclic) bond motifs is 1. The first kappa shape index (κ1) is 18.9. The second kappa shape index (κ2) is 7.90. The third-order valence-electron chi connectivity index (χ3n) is 5.03. The number of methoxy groups -OCH3 is 1. The second-order valence-corrected chi connectivity index (χ2v) is 6.88. The van der Waals surface area contributed by atoms with Crippen molar-refractivity contribution in [3.8, 4) is 5.75 Å². The molecule has 150 valence electrons. The first-order valence-corrected chi connectivity index (χ1v) is 9.49. The number of carbonyl (C=O) groups is 1. The van der Waals surface area contributed by atoms with Gasteiger partial charge in [-0.25, -0.2) is 9.07 Å². The topological polar surface area (TPSA) is 81.1 Å². The van der Waals surface area contributed by atoms with E-state index in [2.05, 4.69) is 20.7 Å². The van der Waals surface area contributed by atoms with Crippen LogP contribution in [0.2, 0.25) is 0 Å². The Kier molecular flexibility index (Phi) is 5.16. The Bertz CT molecular complexity index is 1000. The van der Waals surface area contributed by atoms with Gasteiger partial charge >= 0.3 is 0 Å². The molecule has 1 amide bonds. The molecule has 0 radical (unpaired) electrons. The van der Waals surface area contributed by atoms with Gasteiger partial charge in [-0.1, -0.05) is 31.2 Å². The van der Waals surface area contributed by atoms with Crippen molar-refractivity contribution in [3.63, 3.8) is 0 Å². The number of carbonyl (C=O) groups excluding carboxylic acids is 1. The molecule has 1 aliphatic heterocycles. The lowest BCUT2D eigenvalue weighted by Crippen LogP contribution is -2.28. The molecule has 0 bridgehead atoms. The van der Waals surface area contributed by atoms with E-state index in [1.807, 2.05) is 24.3 Å². The maximum Gasteiger partial charge on any atom is 0.250 e. The molecule has 2 aromatic carbocycles. The molecule has 1 aliphatic rings. The van der Waals surface area contributed by atoms with Crippen LogP contribution in [0.1, 0.15) is 43.0 Å². The Morgan fingerprint density at radius 2 is 1.90 bits per heavy atom. The normalized spacial score (nSPS) is 17.9. The summed E-state index contributed by atoms with van der Waals surface area (Å²) in [7, 11) is 1.63. The molecule has 2 atom stereocenters. The zero-order valence-corrected chi connectivity index (χ0v) is 16.2. The Morgan fingerprint density at radius 3 is 2.55 bits per heavy atom. The largest absolute Gasteiger partial charge is 0.497 e. The summed E-state index contributed by atoms with van der Waals surface area (Å²) in [6.45, 7) is 1.77. The minimum atomic E-state index is -0.288. The van der Waals surface area contributed by atoms with Crippen molar-refractivity contribution in [1.82, 2.24) is 14.8 Å². The van der Waals surface area contributed by atoms with E-state index in [0.29, 0.717) is 18.8 Å². The monoisotopic (exact) mass is 395 g/mol. The van der Waals surface area contributed by atoms with Gasteiger partial charge in [-0.2, -0.15) is 4.98 Å². The van der Waals surface area contributed by atoms with E-state index in [9.17, 15) is 9.18 Å². The van der Waals surface area contributed by atoms with Crippen molar-refractivity contribution in [2.75, 3.05) is 17.7 Å². The molecular weight excluding hydrogens is 373 g/mol. The summed E-state index contributed by atoms with van der Waals surface area (Å²) < 4.78 is 20.4. The average molecular weight is 395 g/mol. The van der Waals surface area contributed by atoms with E-state index in [4.69, 9.17) is 4.74 Å². The maximum atomic E-state index is 13.4. The van der Waals surface area contributed by atoms with Crippen LogP contribution in [0, 0.1) is 5.82 Å². The third-order valence-corrected chi connectivity index (χ3v) is 5.03. The molecule has 0 saturated carbocycles. The smallest absolute Gasteiger partial charge is 0.250 e. The minimum Gasteiger partial charge on any atom is -0.497 e. The number of hydrogen-bond donors (Lipinski definition) is 2. The quantitative estimate of drug-likeness (QED) is 0.684. The van der Waals surface area contributed by atoms with Crippen LogP contribution in [0.5, 0.6) is 5.75 Å². The highest BCUT2D eigenvalue weighted by Crippen LogP contribution is 2.38. The van der Waals surface area contributed by atoms with Crippen LogP contribution in [0.15, 0.2) is 48.5 Å². The molecule has 3 aromatic rings. The van der Waals surface area contributed by atoms with Gasteiger partial charge in [0.15, 0.2) is 0 Å². The summed E-state index contributed by atoms with van der Waals surface area (Å²) in [4.78, 5) is 16.2. The van der Waals surface area contributed by atoms with Gasteiger partial charge in [-0.15, -0.1) is 5.10 Å². The fourth-order valence-electron chi connectivity index (χ4n) is 3.46. The van der Waals surface area contributed by atoms with Gasteiger partial charge in [0, 0.05) is 6.42 Å². The Balaban J connectivity index is 1.70. The van der Waals surface area contributed by atoms with Crippen molar-refractivity contribution in [3.05, 3.63) is 65.5 Å². The summed E-state index contributed by atoms with van der Waals surface area (Å²) in [6.07, 6.45) is 1.03. The molecule has 4 rings (SSSR count). The molecule has 0 aliphatic carbocycles. The summed E-state index contributed by atoms with van der Waals surface area (Å²) in [5.74, 6) is 1.15. The minimum absolute atomic E-state index is 0.0256. The van der Waals surface area contributed by atoms with Crippen molar-refractivity contribution < 1.29 is 13.9 Å². The van der Waals surface area contributed by atoms with Crippen molar-refractivity contribution in [2.24, 2.45) is 0 Å². The van der Waals surface area contributed by atoms with Crippen molar-refractivity contribution in [2.45, 2.75) is 31.8 Å². The first-order valence-electron chi connectivity index (χ1n) is 9.49. The molecular formula is C21H22FN5O2. The summed E-state index contributed by atoms with van der Waals surface area (Å²) >= 11 is 0. The van der Waals surface area contributed by atoms with Crippen LogP contribution in [0.4, 0.5) is 16.3 Å². The number of ether oxygens (including phenoxy) is 1. The van der Waals surface area contributed by atoms with Crippen LogP contribution in [0.3, 0.4) is 0 Å². The molecule has 0 unspecified atom stereocenters. The van der Waals surface area contributed by atoms with E-state index >= 15 is 0 Å². The molecule has 0 saturated heterocycles. The molecule has 7 nitrogen and oxygen atoms in total. The number of benzene rings is 2. The number of aromatic nitrogens is 3. The van der Waals surface area contributed by atoms with Crippen molar-refractivity contribution >= 4 is 17.8 Å². The molecule has 0 spiro atoms. The average Bonchev–Trinajstić information content (AvgIpc) is 3.16. The van der Waals surface area contributed by atoms with Gasteiger partial charge in [0.2, 0.25) is 11.9 Å². The summed E-state index contributed by atoms with van der Waals surface area (Å²) in [5.41, 5.74) is 2.00. The zero-order valence-electron chi connectivity index (χ0n) is 16.2.